The molecular formula is C17H26O. The molecule has 1 aromatic rings. The van der Waals surface area contributed by atoms with Crippen LogP contribution in [0.15, 0.2) is 24.3 Å². The zero-order valence-electron chi connectivity index (χ0n) is 12.2. The van der Waals surface area contributed by atoms with Crippen molar-refractivity contribution in [3.05, 3.63) is 29.8 Å². The highest BCUT2D eigenvalue weighted by Crippen LogP contribution is 2.49. The van der Waals surface area contributed by atoms with E-state index in [-0.39, 0.29) is 0 Å². The van der Waals surface area contributed by atoms with Gasteiger partial charge in [0.1, 0.15) is 5.75 Å². The van der Waals surface area contributed by atoms with E-state index in [0.29, 0.717) is 11.3 Å². The number of hydrogen-bond acceptors (Lipinski definition) is 1. The van der Waals surface area contributed by atoms with Gasteiger partial charge in [-0.05, 0) is 41.7 Å². The van der Waals surface area contributed by atoms with Gasteiger partial charge in [-0.3, -0.25) is 0 Å². The standard InChI is InChI=1S/C17H26O/c1-17(2,3)16(13-9-5-6-10-13)14-11-7-8-12-15(14)18-4/h7-8,11-13,16H,5-6,9-10H2,1-4H3. The van der Waals surface area contributed by atoms with Crippen LogP contribution in [0.5, 0.6) is 5.75 Å². The predicted molar refractivity (Wildman–Crippen MR) is 77.1 cm³/mol. The number of hydrogen-bond donors (Lipinski definition) is 0. The van der Waals surface area contributed by atoms with E-state index in [2.05, 4.69) is 45.0 Å². The summed E-state index contributed by atoms with van der Waals surface area (Å²) in [5.41, 5.74) is 1.70. The first-order chi connectivity index (χ1) is 8.54. The third-order valence-electron chi connectivity index (χ3n) is 4.28. The Balaban J connectivity index is 2.39. The van der Waals surface area contributed by atoms with Crippen molar-refractivity contribution in [3.63, 3.8) is 0 Å². The Morgan fingerprint density at radius 3 is 2.28 bits per heavy atom. The molecule has 1 heteroatoms. The van der Waals surface area contributed by atoms with Crippen molar-refractivity contribution in [3.8, 4) is 5.75 Å². The molecule has 0 aliphatic heterocycles. The maximum Gasteiger partial charge on any atom is 0.122 e. The molecule has 1 fully saturated rings. The highest BCUT2D eigenvalue weighted by atomic mass is 16.5. The second kappa shape index (κ2) is 5.34. The van der Waals surface area contributed by atoms with Gasteiger partial charge in [0.2, 0.25) is 0 Å². The van der Waals surface area contributed by atoms with Crippen LogP contribution in [0, 0.1) is 11.3 Å². The number of rotatable bonds is 3. The van der Waals surface area contributed by atoms with Crippen LogP contribution in [0.1, 0.15) is 57.9 Å². The van der Waals surface area contributed by atoms with Crippen LogP contribution < -0.4 is 4.74 Å². The summed E-state index contributed by atoms with van der Waals surface area (Å²) in [6.45, 7) is 7.09. The normalized spacial score (nSPS) is 18.9. The topological polar surface area (TPSA) is 9.23 Å². The number of ether oxygens (including phenoxy) is 1. The average Bonchev–Trinajstić information content (AvgIpc) is 2.81. The summed E-state index contributed by atoms with van der Waals surface area (Å²) in [5.74, 6) is 2.49. The summed E-state index contributed by atoms with van der Waals surface area (Å²) in [6, 6.07) is 8.57. The van der Waals surface area contributed by atoms with Crippen LogP contribution in [-0.4, -0.2) is 7.11 Å². The minimum atomic E-state index is 0.295. The third kappa shape index (κ3) is 2.71. The molecule has 100 valence electrons. The molecule has 0 spiro atoms. The Bertz CT molecular complexity index is 383. The summed E-state index contributed by atoms with van der Waals surface area (Å²) < 4.78 is 5.58. The van der Waals surface area contributed by atoms with Gasteiger partial charge >= 0.3 is 0 Å². The first-order valence-electron chi connectivity index (χ1n) is 7.17. The minimum absolute atomic E-state index is 0.295. The zero-order chi connectivity index (χ0) is 13.2. The Labute approximate surface area is 112 Å². The first-order valence-corrected chi connectivity index (χ1v) is 7.17. The van der Waals surface area contributed by atoms with Crippen LogP contribution in [-0.2, 0) is 0 Å². The molecule has 1 aliphatic rings. The minimum Gasteiger partial charge on any atom is -0.496 e. The molecule has 0 bridgehead atoms. The lowest BCUT2D eigenvalue weighted by Gasteiger charge is -2.36. The molecule has 18 heavy (non-hydrogen) atoms. The van der Waals surface area contributed by atoms with Crippen molar-refractivity contribution in [1.29, 1.82) is 0 Å². The van der Waals surface area contributed by atoms with Gasteiger partial charge in [0.15, 0.2) is 0 Å². The molecule has 1 aromatic carbocycles. The highest BCUT2D eigenvalue weighted by molar-refractivity contribution is 5.37. The fourth-order valence-corrected chi connectivity index (χ4v) is 3.64. The molecule has 1 atom stereocenters. The van der Waals surface area contributed by atoms with Gasteiger partial charge in [-0.2, -0.15) is 0 Å². The SMILES string of the molecule is COc1ccccc1C(C1CCCC1)C(C)(C)C. The number of benzene rings is 1. The van der Waals surface area contributed by atoms with Crippen molar-refractivity contribution in [2.75, 3.05) is 7.11 Å². The smallest absolute Gasteiger partial charge is 0.122 e. The van der Waals surface area contributed by atoms with Crippen LogP contribution in [0.3, 0.4) is 0 Å². The van der Waals surface area contributed by atoms with Gasteiger partial charge in [-0.25, -0.2) is 0 Å². The lowest BCUT2D eigenvalue weighted by Crippen LogP contribution is -2.25. The van der Waals surface area contributed by atoms with Crippen molar-refractivity contribution >= 4 is 0 Å². The van der Waals surface area contributed by atoms with Crippen LogP contribution >= 0.6 is 0 Å². The lowest BCUT2D eigenvalue weighted by molar-refractivity contribution is 0.230. The van der Waals surface area contributed by atoms with Crippen molar-refractivity contribution < 1.29 is 4.74 Å². The fraction of sp³-hybridized carbons (Fsp3) is 0.647. The van der Waals surface area contributed by atoms with Crippen molar-refractivity contribution in [2.24, 2.45) is 11.3 Å². The van der Waals surface area contributed by atoms with E-state index in [9.17, 15) is 0 Å². The summed E-state index contributed by atoms with van der Waals surface area (Å²) in [7, 11) is 1.78. The zero-order valence-corrected chi connectivity index (χ0v) is 12.2. The first kappa shape index (κ1) is 13.5. The molecule has 1 unspecified atom stereocenters. The van der Waals surface area contributed by atoms with Crippen LogP contribution in [0.2, 0.25) is 0 Å². The van der Waals surface area contributed by atoms with E-state index < -0.39 is 0 Å². The Kier molecular flexibility index (Phi) is 3.99. The van der Waals surface area contributed by atoms with Crippen molar-refractivity contribution in [2.45, 2.75) is 52.4 Å². The Hall–Kier alpha value is -0.980. The lowest BCUT2D eigenvalue weighted by atomic mass is 9.68. The Morgan fingerprint density at radius 1 is 1.11 bits per heavy atom. The molecule has 0 N–H and O–H groups in total. The van der Waals surface area contributed by atoms with E-state index >= 15 is 0 Å². The molecule has 1 saturated carbocycles. The average molecular weight is 246 g/mol. The van der Waals surface area contributed by atoms with Gasteiger partial charge < -0.3 is 4.74 Å². The molecule has 1 nitrogen and oxygen atoms in total. The second-order valence-electron chi connectivity index (χ2n) is 6.63. The van der Waals surface area contributed by atoms with E-state index in [1.54, 1.807) is 7.11 Å². The molecule has 0 aromatic heterocycles. The fourth-order valence-electron chi connectivity index (χ4n) is 3.64. The highest BCUT2D eigenvalue weighted by Gasteiger charge is 2.36. The van der Waals surface area contributed by atoms with E-state index in [4.69, 9.17) is 4.74 Å². The summed E-state index contributed by atoms with van der Waals surface area (Å²) in [6.07, 6.45) is 5.54. The van der Waals surface area contributed by atoms with E-state index in [0.717, 1.165) is 11.7 Å². The van der Waals surface area contributed by atoms with Gasteiger partial charge in [-0.1, -0.05) is 51.8 Å². The van der Waals surface area contributed by atoms with E-state index in [1.807, 2.05) is 0 Å². The van der Waals surface area contributed by atoms with Gasteiger partial charge in [0.05, 0.1) is 7.11 Å². The van der Waals surface area contributed by atoms with E-state index in [1.165, 1.54) is 31.2 Å². The quantitative estimate of drug-likeness (QED) is 0.728. The molecule has 0 amide bonds. The predicted octanol–water partition coefficient (Wildman–Crippen LogP) is 5.02. The summed E-state index contributed by atoms with van der Waals surface area (Å²) >= 11 is 0. The molecule has 2 rings (SSSR count). The van der Waals surface area contributed by atoms with Gasteiger partial charge in [0, 0.05) is 0 Å². The van der Waals surface area contributed by atoms with Gasteiger partial charge in [0.25, 0.3) is 0 Å². The van der Waals surface area contributed by atoms with Crippen LogP contribution in [0.25, 0.3) is 0 Å². The molecule has 1 aliphatic carbocycles. The molecule has 0 radical (unpaired) electrons. The number of methoxy groups -OCH3 is 1. The largest absolute Gasteiger partial charge is 0.496 e. The summed E-state index contributed by atoms with van der Waals surface area (Å²) in [5, 5.41) is 0. The number of para-hydroxylation sites is 1. The molecule has 0 saturated heterocycles. The van der Waals surface area contributed by atoms with Crippen LogP contribution in [0.4, 0.5) is 0 Å². The maximum absolute atomic E-state index is 5.58. The summed E-state index contributed by atoms with van der Waals surface area (Å²) in [4.78, 5) is 0. The molecular weight excluding hydrogens is 220 g/mol. The monoisotopic (exact) mass is 246 g/mol. The maximum atomic E-state index is 5.58. The van der Waals surface area contributed by atoms with Gasteiger partial charge in [-0.15, -0.1) is 0 Å². The third-order valence-corrected chi connectivity index (χ3v) is 4.28. The Morgan fingerprint density at radius 2 is 1.72 bits per heavy atom. The molecule has 0 heterocycles. The van der Waals surface area contributed by atoms with Crippen molar-refractivity contribution in [1.82, 2.24) is 0 Å². The second-order valence-corrected chi connectivity index (χ2v) is 6.63.